The van der Waals surface area contributed by atoms with Gasteiger partial charge in [-0.25, -0.2) is 0 Å². The molecule has 0 aliphatic rings. The van der Waals surface area contributed by atoms with Crippen molar-refractivity contribution >= 4 is 0 Å². The third-order valence-corrected chi connectivity index (χ3v) is 3.17. The normalized spacial score (nSPS) is 15.5. The Morgan fingerprint density at radius 1 is 1.07 bits per heavy atom. The molecule has 0 fully saturated rings. The van der Waals surface area contributed by atoms with Crippen LogP contribution in [-0.4, -0.2) is 0 Å². The van der Waals surface area contributed by atoms with Gasteiger partial charge in [0.25, 0.3) is 0 Å². The first-order chi connectivity index (χ1) is 7.15. The highest BCUT2D eigenvalue weighted by molar-refractivity contribution is 5.18. The van der Waals surface area contributed by atoms with Gasteiger partial charge in [0.05, 0.1) is 0 Å². The van der Waals surface area contributed by atoms with Crippen molar-refractivity contribution in [2.24, 2.45) is 5.92 Å². The third kappa shape index (κ3) is 6.54. The lowest BCUT2D eigenvalue weighted by molar-refractivity contribution is 0.559. The van der Waals surface area contributed by atoms with Crippen LogP contribution in [0.2, 0.25) is 0 Å². The molecule has 1 atom stereocenters. The molecule has 0 amide bonds. The Morgan fingerprint density at radius 2 is 1.73 bits per heavy atom. The lowest BCUT2D eigenvalue weighted by atomic mass is 9.93. The maximum absolute atomic E-state index is 2.36. The zero-order chi connectivity index (χ0) is 11.7. The molecule has 1 unspecified atom stereocenters. The molecule has 0 rings (SSSR count). The lowest BCUT2D eigenvalue weighted by Gasteiger charge is -2.13. The SMILES string of the molecule is CCCCC(C)/C(=C/C=C(/C)CC)CC. The molecule has 0 aromatic carbocycles. The van der Waals surface area contributed by atoms with E-state index in [1.807, 2.05) is 0 Å². The molecule has 0 N–H and O–H groups in total. The monoisotopic (exact) mass is 208 g/mol. The Morgan fingerprint density at radius 3 is 2.20 bits per heavy atom. The van der Waals surface area contributed by atoms with E-state index >= 15 is 0 Å². The summed E-state index contributed by atoms with van der Waals surface area (Å²) in [5, 5.41) is 0. The molecule has 0 aliphatic heterocycles. The molecule has 0 aliphatic carbocycles. The van der Waals surface area contributed by atoms with Gasteiger partial charge in [-0.05, 0) is 32.1 Å². The summed E-state index contributed by atoms with van der Waals surface area (Å²) < 4.78 is 0. The molecular weight excluding hydrogens is 180 g/mol. The van der Waals surface area contributed by atoms with Crippen molar-refractivity contribution < 1.29 is 0 Å². The highest BCUT2D eigenvalue weighted by atomic mass is 14.1. The van der Waals surface area contributed by atoms with Gasteiger partial charge >= 0.3 is 0 Å². The van der Waals surface area contributed by atoms with Gasteiger partial charge in [-0.15, -0.1) is 0 Å². The standard InChI is InChI=1S/C15H28/c1-6-9-10-14(5)15(8-3)12-11-13(4)7-2/h11-12,14H,6-10H2,1-5H3/b13-11-,15-12+. The largest absolute Gasteiger partial charge is 0.0736 e. The molecule has 0 radical (unpaired) electrons. The van der Waals surface area contributed by atoms with Crippen LogP contribution in [0.5, 0.6) is 0 Å². The fourth-order valence-corrected chi connectivity index (χ4v) is 1.69. The Balaban J connectivity index is 4.33. The molecule has 0 saturated carbocycles. The van der Waals surface area contributed by atoms with E-state index in [1.54, 1.807) is 5.57 Å². The fraction of sp³-hybridized carbons (Fsp3) is 0.733. The number of allylic oxidation sites excluding steroid dienone is 4. The third-order valence-electron chi connectivity index (χ3n) is 3.17. The predicted molar refractivity (Wildman–Crippen MR) is 71.1 cm³/mol. The molecule has 0 bridgehead atoms. The van der Waals surface area contributed by atoms with Crippen LogP contribution in [0, 0.1) is 5.92 Å². The molecule has 0 saturated heterocycles. The van der Waals surface area contributed by atoms with Gasteiger partial charge in [-0.3, -0.25) is 0 Å². The zero-order valence-corrected chi connectivity index (χ0v) is 11.3. The zero-order valence-electron chi connectivity index (χ0n) is 11.3. The lowest BCUT2D eigenvalue weighted by Crippen LogP contribution is -1.98. The summed E-state index contributed by atoms with van der Waals surface area (Å²) in [6, 6.07) is 0. The average Bonchev–Trinajstić information content (AvgIpc) is 2.26. The van der Waals surface area contributed by atoms with Crippen LogP contribution in [0.25, 0.3) is 0 Å². The maximum atomic E-state index is 2.36. The summed E-state index contributed by atoms with van der Waals surface area (Å²) in [5.41, 5.74) is 3.08. The van der Waals surface area contributed by atoms with Crippen LogP contribution in [-0.2, 0) is 0 Å². The van der Waals surface area contributed by atoms with Crippen molar-refractivity contribution in [3.05, 3.63) is 23.3 Å². The van der Waals surface area contributed by atoms with E-state index in [4.69, 9.17) is 0 Å². The molecule has 0 spiro atoms. The van der Waals surface area contributed by atoms with Crippen molar-refractivity contribution in [3.63, 3.8) is 0 Å². The van der Waals surface area contributed by atoms with Crippen LogP contribution >= 0.6 is 0 Å². The summed E-state index contributed by atoms with van der Waals surface area (Å²) in [6.45, 7) is 11.3. The first-order valence-electron chi connectivity index (χ1n) is 6.51. The topological polar surface area (TPSA) is 0 Å². The van der Waals surface area contributed by atoms with Crippen molar-refractivity contribution in [1.82, 2.24) is 0 Å². The van der Waals surface area contributed by atoms with E-state index in [9.17, 15) is 0 Å². The molecule has 0 heterocycles. The summed E-state index contributed by atoms with van der Waals surface area (Å²) >= 11 is 0. The van der Waals surface area contributed by atoms with Crippen LogP contribution in [0.15, 0.2) is 23.3 Å². The minimum absolute atomic E-state index is 0.760. The summed E-state index contributed by atoms with van der Waals surface area (Å²) in [6.07, 6.45) is 11.0. The Hall–Kier alpha value is -0.520. The second-order valence-corrected chi connectivity index (χ2v) is 4.50. The van der Waals surface area contributed by atoms with Gasteiger partial charge in [-0.1, -0.05) is 63.8 Å². The van der Waals surface area contributed by atoms with E-state index in [0.29, 0.717) is 0 Å². The van der Waals surface area contributed by atoms with E-state index in [2.05, 4.69) is 46.8 Å². The van der Waals surface area contributed by atoms with Gasteiger partial charge in [0.15, 0.2) is 0 Å². The van der Waals surface area contributed by atoms with E-state index in [1.165, 1.54) is 31.3 Å². The second-order valence-electron chi connectivity index (χ2n) is 4.50. The predicted octanol–water partition coefficient (Wildman–Crippen LogP) is 5.51. The van der Waals surface area contributed by atoms with Gasteiger partial charge < -0.3 is 0 Å². The van der Waals surface area contributed by atoms with E-state index in [0.717, 1.165) is 12.3 Å². The number of hydrogen-bond acceptors (Lipinski definition) is 0. The minimum atomic E-state index is 0.760. The maximum Gasteiger partial charge on any atom is -0.0229 e. The molecule has 0 aromatic rings. The van der Waals surface area contributed by atoms with Gasteiger partial charge in [0, 0.05) is 0 Å². The number of hydrogen-bond donors (Lipinski definition) is 0. The summed E-state index contributed by atoms with van der Waals surface area (Å²) in [5.74, 6) is 0.760. The van der Waals surface area contributed by atoms with Gasteiger partial charge in [0.1, 0.15) is 0 Å². The molecule has 0 aromatic heterocycles. The highest BCUT2D eigenvalue weighted by Crippen LogP contribution is 2.20. The van der Waals surface area contributed by atoms with Crippen molar-refractivity contribution in [3.8, 4) is 0 Å². The van der Waals surface area contributed by atoms with Crippen molar-refractivity contribution in [2.45, 2.75) is 66.7 Å². The Kier molecular flexibility index (Phi) is 8.46. The molecule has 88 valence electrons. The fourth-order valence-electron chi connectivity index (χ4n) is 1.69. The highest BCUT2D eigenvalue weighted by Gasteiger charge is 2.05. The first kappa shape index (κ1) is 14.5. The summed E-state index contributed by atoms with van der Waals surface area (Å²) in [7, 11) is 0. The molecule has 0 nitrogen and oxygen atoms in total. The molecule has 0 heteroatoms. The number of unbranched alkanes of at least 4 members (excludes halogenated alkanes) is 1. The first-order valence-corrected chi connectivity index (χ1v) is 6.51. The van der Waals surface area contributed by atoms with E-state index in [-0.39, 0.29) is 0 Å². The van der Waals surface area contributed by atoms with Crippen LogP contribution in [0.1, 0.15) is 66.7 Å². The minimum Gasteiger partial charge on any atom is -0.0736 e. The molecule has 15 heavy (non-hydrogen) atoms. The summed E-state index contributed by atoms with van der Waals surface area (Å²) in [4.78, 5) is 0. The van der Waals surface area contributed by atoms with E-state index < -0.39 is 0 Å². The second kappa shape index (κ2) is 8.76. The quantitative estimate of drug-likeness (QED) is 0.484. The van der Waals surface area contributed by atoms with Gasteiger partial charge in [0.2, 0.25) is 0 Å². The average molecular weight is 208 g/mol. The van der Waals surface area contributed by atoms with Crippen LogP contribution in [0.3, 0.4) is 0 Å². The Bertz CT molecular complexity index is 208. The number of rotatable bonds is 7. The van der Waals surface area contributed by atoms with Gasteiger partial charge in [-0.2, -0.15) is 0 Å². The van der Waals surface area contributed by atoms with Crippen molar-refractivity contribution in [2.75, 3.05) is 0 Å². The van der Waals surface area contributed by atoms with Crippen molar-refractivity contribution in [1.29, 1.82) is 0 Å². The van der Waals surface area contributed by atoms with Crippen LogP contribution in [0.4, 0.5) is 0 Å². The molecular formula is C15H28. The van der Waals surface area contributed by atoms with Crippen LogP contribution < -0.4 is 0 Å². The Labute approximate surface area is 96.5 Å². The smallest absolute Gasteiger partial charge is 0.0229 e.